The van der Waals surface area contributed by atoms with Gasteiger partial charge in [0.2, 0.25) is 11.9 Å². The van der Waals surface area contributed by atoms with Crippen molar-refractivity contribution in [2.75, 3.05) is 4.90 Å². The second-order valence-corrected chi connectivity index (χ2v) is 6.66. The zero-order valence-electron chi connectivity index (χ0n) is 11.5. The average Bonchev–Trinajstić information content (AvgIpc) is 2.41. The van der Waals surface area contributed by atoms with E-state index in [9.17, 15) is 4.39 Å². The summed E-state index contributed by atoms with van der Waals surface area (Å²) in [6.45, 7) is 0. The van der Waals surface area contributed by atoms with Crippen molar-refractivity contribution < 1.29 is 4.39 Å². The van der Waals surface area contributed by atoms with Crippen LogP contribution in [0.25, 0.3) is 0 Å². The number of nitrogens with two attached hydrogens (primary N) is 2. The van der Waals surface area contributed by atoms with E-state index < -0.39 is 5.66 Å². The Morgan fingerprint density at radius 1 is 1.19 bits per heavy atom. The van der Waals surface area contributed by atoms with Gasteiger partial charge < -0.3 is 11.5 Å². The van der Waals surface area contributed by atoms with Gasteiger partial charge in [-0.2, -0.15) is 4.99 Å². The van der Waals surface area contributed by atoms with Crippen LogP contribution < -0.4 is 16.4 Å². The topological polar surface area (TPSA) is 80.0 Å². The molecule has 0 saturated heterocycles. The van der Waals surface area contributed by atoms with Gasteiger partial charge in [-0.15, -0.1) is 0 Å². The van der Waals surface area contributed by atoms with Crippen molar-refractivity contribution in [1.82, 2.24) is 0 Å². The second-order valence-electron chi connectivity index (χ2n) is 5.41. The van der Waals surface area contributed by atoms with E-state index in [1.807, 2.05) is 6.07 Å². The van der Waals surface area contributed by atoms with Crippen LogP contribution >= 0.6 is 22.6 Å². The molecule has 1 aromatic rings. The maximum atomic E-state index is 14.4. The number of hydrogen-bond donors (Lipinski definition) is 2. The Kier molecular flexibility index (Phi) is 3.76. The number of anilines is 1. The van der Waals surface area contributed by atoms with Crippen molar-refractivity contribution in [3.8, 4) is 0 Å². The molecule has 21 heavy (non-hydrogen) atoms. The highest BCUT2D eigenvalue weighted by molar-refractivity contribution is 14.1. The third kappa shape index (κ3) is 2.58. The molecule has 1 fully saturated rings. The normalized spacial score (nSPS) is 21.1. The van der Waals surface area contributed by atoms with Gasteiger partial charge in [-0.25, -0.2) is 9.38 Å². The van der Waals surface area contributed by atoms with Gasteiger partial charge >= 0.3 is 0 Å². The molecule has 1 aliphatic heterocycles. The lowest BCUT2D eigenvalue weighted by molar-refractivity contribution is 0.304. The summed E-state index contributed by atoms with van der Waals surface area (Å²) in [6.07, 6.45) is 4.79. The molecule has 4 N–H and O–H groups in total. The van der Waals surface area contributed by atoms with Crippen LogP contribution in [0.3, 0.4) is 0 Å². The minimum atomic E-state index is -0.595. The van der Waals surface area contributed by atoms with E-state index in [2.05, 4.69) is 32.6 Å². The number of hydrogen-bond acceptors (Lipinski definition) is 5. The molecule has 1 saturated carbocycles. The number of benzene rings is 1. The standard InChI is InChI=1S/C14H17FIN5/c15-10-8-9(16)4-5-11(10)21-13(18)19-12(17)20-14(21)6-2-1-3-7-14/h4-5,8H,1-3,6-7H2,(H4,17,18,19,20). The molecular formula is C14H17FIN5. The Morgan fingerprint density at radius 3 is 2.57 bits per heavy atom. The van der Waals surface area contributed by atoms with Crippen molar-refractivity contribution in [3.05, 3.63) is 27.6 Å². The fourth-order valence-corrected chi connectivity index (χ4v) is 3.59. The van der Waals surface area contributed by atoms with Crippen molar-refractivity contribution in [2.45, 2.75) is 37.8 Å². The summed E-state index contributed by atoms with van der Waals surface area (Å²) < 4.78 is 15.2. The van der Waals surface area contributed by atoms with Crippen LogP contribution in [0, 0.1) is 9.39 Å². The van der Waals surface area contributed by atoms with Crippen LogP contribution in [-0.2, 0) is 0 Å². The van der Waals surface area contributed by atoms with E-state index in [-0.39, 0.29) is 17.7 Å². The summed E-state index contributed by atoms with van der Waals surface area (Å²) in [5.74, 6) is 0.0711. The minimum absolute atomic E-state index is 0.177. The lowest BCUT2D eigenvalue weighted by Crippen LogP contribution is -2.58. The van der Waals surface area contributed by atoms with Crippen LogP contribution in [-0.4, -0.2) is 17.6 Å². The smallest absolute Gasteiger partial charge is 0.220 e. The van der Waals surface area contributed by atoms with Gasteiger partial charge in [-0.1, -0.05) is 6.42 Å². The largest absolute Gasteiger partial charge is 0.369 e. The van der Waals surface area contributed by atoms with Crippen LogP contribution in [0.5, 0.6) is 0 Å². The van der Waals surface area contributed by atoms with E-state index in [0.717, 1.165) is 35.7 Å². The summed E-state index contributed by atoms with van der Waals surface area (Å²) in [5.41, 5.74) is 11.7. The molecule has 1 heterocycles. The van der Waals surface area contributed by atoms with Crippen molar-refractivity contribution in [3.63, 3.8) is 0 Å². The number of aliphatic imine (C=N–C) groups is 2. The van der Waals surface area contributed by atoms with Gasteiger partial charge in [0.1, 0.15) is 11.5 Å². The van der Waals surface area contributed by atoms with Crippen LogP contribution in [0.2, 0.25) is 0 Å². The number of rotatable bonds is 1. The summed E-state index contributed by atoms with van der Waals surface area (Å²) in [6, 6.07) is 5.07. The van der Waals surface area contributed by atoms with Crippen LogP contribution in [0.15, 0.2) is 28.2 Å². The molecule has 5 nitrogen and oxygen atoms in total. The van der Waals surface area contributed by atoms with Gasteiger partial charge in [0.25, 0.3) is 0 Å². The monoisotopic (exact) mass is 401 g/mol. The lowest BCUT2D eigenvalue weighted by atomic mass is 9.87. The molecule has 1 spiro atoms. The molecule has 0 amide bonds. The summed E-state index contributed by atoms with van der Waals surface area (Å²) >= 11 is 2.08. The SMILES string of the molecule is NC1=NC2(CCCCC2)N(c2ccc(I)cc2F)C(N)=N1. The first-order valence-electron chi connectivity index (χ1n) is 6.97. The average molecular weight is 401 g/mol. The van der Waals surface area contributed by atoms with Crippen molar-refractivity contribution in [2.24, 2.45) is 21.5 Å². The second kappa shape index (κ2) is 5.43. The summed E-state index contributed by atoms with van der Waals surface area (Å²) in [4.78, 5) is 10.3. The molecular weight excluding hydrogens is 384 g/mol. The third-order valence-electron chi connectivity index (χ3n) is 4.00. The summed E-state index contributed by atoms with van der Waals surface area (Å²) in [5, 5.41) is 0. The Bertz CT molecular complexity index is 622. The molecule has 112 valence electrons. The highest BCUT2D eigenvalue weighted by atomic mass is 127. The molecule has 3 rings (SSSR count). The molecule has 2 aliphatic rings. The van der Waals surface area contributed by atoms with Crippen molar-refractivity contribution in [1.29, 1.82) is 0 Å². The predicted molar refractivity (Wildman–Crippen MR) is 90.7 cm³/mol. The Morgan fingerprint density at radius 2 is 1.90 bits per heavy atom. The number of nitrogens with zero attached hydrogens (tertiary/aromatic N) is 3. The van der Waals surface area contributed by atoms with Crippen LogP contribution in [0.4, 0.5) is 10.1 Å². The first-order chi connectivity index (χ1) is 10.0. The van der Waals surface area contributed by atoms with Crippen molar-refractivity contribution >= 4 is 40.2 Å². The lowest BCUT2D eigenvalue weighted by Gasteiger charge is -2.45. The van der Waals surface area contributed by atoms with Crippen LogP contribution in [0.1, 0.15) is 32.1 Å². The first-order valence-corrected chi connectivity index (χ1v) is 8.04. The Balaban J connectivity index is 2.10. The molecule has 0 radical (unpaired) electrons. The molecule has 1 aromatic carbocycles. The maximum absolute atomic E-state index is 14.4. The highest BCUT2D eigenvalue weighted by Gasteiger charge is 2.43. The highest BCUT2D eigenvalue weighted by Crippen LogP contribution is 2.40. The van der Waals surface area contributed by atoms with Gasteiger partial charge in [0.15, 0.2) is 0 Å². The zero-order valence-corrected chi connectivity index (χ0v) is 13.7. The van der Waals surface area contributed by atoms with Gasteiger partial charge in [0, 0.05) is 3.57 Å². The molecule has 0 unspecified atom stereocenters. The Labute approximate surface area is 136 Å². The fourth-order valence-electron chi connectivity index (χ4n) is 3.13. The zero-order chi connectivity index (χ0) is 15.0. The number of halogens is 2. The van der Waals surface area contributed by atoms with Gasteiger partial charge in [-0.05, 0) is 66.5 Å². The van der Waals surface area contributed by atoms with Gasteiger partial charge in [0.05, 0.1) is 5.69 Å². The molecule has 0 aromatic heterocycles. The molecule has 0 bridgehead atoms. The molecule has 0 atom stereocenters. The summed E-state index contributed by atoms with van der Waals surface area (Å²) in [7, 11) is 0. The van der Waals surface area contributed by atoms with E-state index in [0.29, 0.717) is 5.69 Å². The van der Waals surface area contributed by atoms with E-state index in [1.54, 1.807) is 11.0 Å². The minimum Gasteiger partial charge on any atom is -0.369 e. The third-order valence-corrected chi connectivity index (χ3v) is 4.67. The van der Waals surface area contributed by atoms with Gasteiger partial charge in [-0.3, -0.25) is 4.90 Å². The first kappa shape index (κ1) is 14.6. The van der Waals surface area contributed by atoms with E-state index >= 15 is 0 Å². The quantitative estimate of drug-likeness (QED) is 0.710. The molecule has 7 heteroatoms. The Hall–Kier alpha value is -1.38. The van der Waals surface area contributed by atoms with E-state index in [1.165, 1.54) is 6.07 Å². The fraction of sp³-hybridized carbons (Fsp3) is 0.429. The number of guanidine groups is 2. The molecule has 1 aliphatic carbocycles. The predicted octanol–water partition coefficient (Wildman–Crippen LogP) is 2.54. The maximum Gasteiger partial charge on any atom is 0.220 e. The van der Waals surface area contributed by atoms with E-state index in [4.69, 9.17) is 11.5 Å².